The minimum atomic E-state index is -4.49. The van der Waals surface area contributed by atoms with E-state index < -0.39 is 11.7 Å². The molecule has 0 unspecified atom stereocenters. The van der Waals surface area contributed by atoms with E-state index in [1.165, 1.54) is 19.2 Å². The molecule has 1 atom stereocenters. The fourth-order valence-corrected chi connectivity index (χ4v) is 2.96. The Balaban J connectivity index is 2.17. The van der Waals surface area contributed by atoms with Crippen LogP contribution in [-0.4, -0.2) is 19.8 Å². The number of para-hydroxylation sites is 1. The van der Waals surface area contributed by atoms with Crippen LogP contribution in [0.1, 0.15) is 17.5 Å². The molecular weight excluding hydrogens is 319 g/mol. The molecule has 128 valence electrons. The molecule has 0 saturated heterocycles. The van der Waals surface area contributed by atoms with E-state index in [-0.39, 0.29) is 17.4 Å². The van der Waals surface area contributed by atoms with Gasteiger partial charge in [-0.15, -0.1) is 0 Å². The van der Waals surface area contributed by atoms with Gasteiger partial charge in [0.25, 0.3) is 0 Å². The van der Waals surface area contributed by atoms with Gasteiger partial charge in [-0.2, -0.15) is 13.2 Å². The highest BCUT2D eigenvalue weighted by atomic mass is 19.4. The number of fused-ring (bicyclic) bond motifs is 1. The first kappa shape index (κ1) is 16.6. The maximum Gasteiger partial charge on any atom is 0.417 e. The topological polar surface area (TPSA) is 44.5 Å². The zero-order valence-corrected chi connectivity index (χ0v) is 13.2. The smallest absolute Gasteiger partial charge is 0.417 e. The fraction of sp³-hybridized carbons (Fsp3) is 0.333. The summed E-state index contributed by atoms with van der Waals surface area (Å²) in [7, 11) is 1.34. The zero-order chi connectivity index (χ0) is 17.3. The Bertz CT molecular complexity index is 744. The molecule has 3 nitrogen and oxygen atoms in total. The van der Waals surface area contributed by atoms with Crippen molar-refractivity contribution in [1.82, 2.24) is 0 Å². The van der Waals surface area contributed by atoms with Crippen molar-refractivity contribution in [2.45, 2.75) is 25.1 Å². The predicted octanol–water partition coefficient (Wildman–Crippen LogP) is 4.03. The molecule has 0 fully saturated rings. The average Bonchev–Trinajstić information content (AvgIpc) is 2.59. The van der Waals surface area contributed by atoms with Gasteiger partial charge in [-0.1, -0.05) is 18.2 Å². The first-order chi connectivity index (χ1) is 11.4. The third-order valence-corrected chi connectivity index (χ3v) is 4.20. The van der Waals surface area contributed by atoms with Gasteiger partial charge in [0.1, 0.15) is 17.6 Å². The van der Waals surface area contributed by atoms with Crippen LogP contribution in [0.3, 0.4) is 0 Å². The molecule has 0 bridgehead atoms. The van der Waals surface area contributed by atoms with Crippen LogP contribution in [0.2, 0.25) is 0 Å². The Labute approximate surface area is 138 Å². The van der Waals surface area contributed by atoms with Crippen molar-refractivity contribution in [3.05, 3.63) is 47.5 Å². The summed E-state index contributed by atoms with van der Waals surface area (Å²) >= 11 is 0. The molecule has 6 heteroatoms. The molecule has 1 aliphatic rings. The van der Waals surface area contributed by atoms with Crippen molar-refractivity contribution in [2.24, 2.45) is 5.73 Å². The van der Waals surface area contributed by atoms with Crippen LogP contribution in [0.4, 0.5) is 13.2 Å². The predicted molar refractivity (Wildman–Crippen MR) is 85.2 cm³/mol. The molecule has 24 heavy (non-hydrogen) atoms. The summed E-state index contributed by atoms with van der Waals surface area (Å²) in [6, 6.07) is 9.24. The van der Waals surface area contributed by atoms with Crippen molar-refractivity contribution in [3.8, 4) is 22.6 Å². The average molecular weight is 337 g/mol. The third kappa shape index (κ3) is 3.06. The van der Waals surface area contributed by atoms with Crippen molar-refractivity contribution >= 4 is 0 Å². The summed E-state index contributed by atoms with van der Waals surface area (Å²) in [5.74, 6) is 0.659. The van der Waals surface area contributed by atoms with Crippen LogP contribution < -0.4 is 15.2 Å². The van der Waals surface area contributed by atoms with E-state index in [0.29, 0.717) is 17.9 Å². The van der Waals surface area contributed by atoms with Crippen molar-refractivity contribution in [1.29, 1.82) is 0 Å². The summed E-state index contributed by atoms with van der Waals surface area (Å²) in [5, 5.41) is 0. The van der Waals surface area contributed by atoms with Gasteiger partial charge in [0, 0.05) is 12.1 Å². The number of alkyl halides is 3. The van der Waals surface area contributed by atoms with Gasteiger partial charge in [-0.3, -0.25) is 0 Å². The van der Waals surface area contributed by atoms with E-state index >= 15 is 0 Å². The minimum Gasteiger partial charge on any atom is -0.497 e. The van der Waals surface area contributed by atoms with Gasteiger partial charge >= 0.3 is 6.18 Å². The summed E-state index contributed by atoms with van der Waals surface area (Å²) in [6.07, 6.45) is -3.16. The van der Waals surface area contributed by atoms with Gasteiger partial charge < -0.3 is 15.2 Å². The van der Waals surface area contributed by atoms with E-state index in [1.807, 2.05) is 6.07 Å². The highest BCUT2D eigenvalue weighted by Gasteiger charge is 2.35. The maximum absolute atomic E-state index is 13.5. The quantitative estimate of drug-likeness (QED) is 0.919. The Morgan fingerprint density at radius 2 is 2.00 bits per heavy atom. The number of rotatable bonds is 3. The van der Waals surface area contributed by atoms with Crippen molar-refractivity contribution in [3.63, 3.8) is 0 Å². The lowest BCUT2D eigenvalue weighted by Crippen LogP contribution is -2.30. The standard InChI is InChI=1S/C18H18F3NO2/c1-23-12-7-8-14(16(9-12)18(19,20)21)15-4-2-3-11-5-6-13(10-22)24-17(11)15/h2-4,7-9,13H,5-6,10,22H2,1H3/t13-/m1/s1. The first-order valence-corrected chi connectivity index (χ1v) is 7.68. The molecule has 2 aromatic rings. The molecular formula is C18H18F3NO2. The lowest BCUT2D eigenvalue weighted by Gasteiger charge is -2.28. The van der Waals surface area contributed by atoms with Gasteiger partial charge in [-0.05, 0) is 42.2 Å². The lowest BCUT2D eigenvalue weighted by molar-refractivity contribution is -0.137. The number of hydrogen-bond donors (Lipinski definition) is 1. The summed E-state index contributed by atoms with van der Waals surface area (Å²) in [5.41, 5.74) is 6.34. The summed E-state index contributed by atoms with van der Waals surface area (Å²) in [6.45, 7) is 0.336. The summed E-state index contributed by atoms with van der Waals surface area (Å²) < 4.78 is 51.3. The molecule has 0 aromatic heterocycles. The van der Waals surface area contributed by atoms with Gasteiger partial charge in [0.15, 0.2) is 0 Å². The summed E-state index contributed by atoms with van der Waals surface area (Å²) in [4.78, 5) is 0. The maximum atomic E-state index is 13.5. The van der Waals surface area contributed by atoms with Crippen LogP contribution in [-0.2, 0) is 12.6 Å². The van der Waals surface area contributed by atoms with Crippen molar-refractivity contribution in [2.75, 3.05) is 13.7 Å². The normalized spacial score (nSPS) is 17.1. The Hall–Kier alpha value is -2.21. The Morgan fingerprint density at radius 1 is 1.21 bits per heavy atom. The number of halogens is 3. The third-order valence-electron chi connectivity index (χ3n) is 4.20. The molecule has 1 heterocycles. The number of hydrogen-bond acceptors (Lipinski definition) is 3. The Kier molecular flexibility index (Phi) is 4.41. The first-order valence-electron chi connectivity index (χ1n) is 7.68. The fourth-order valence-electron chi connectivity index (χ4n) is 2.96. The van der Waals surface area contributed by atoms with E-state index in [1.54, 1.807) is 12.1 Å². The zero-order valence-electron chi connectivity index (χ0n) is 13.2. The Morgan fingerprint density at radius 3 is 2.67 bits per heavy atom. The number of benzene rings is 2. The van der Waals surface area contributed by atoms with Crippen LogP contribution in [0.15, 0.2) is 36.4 Å². The molecule has 2 aromatic carbocycles. The highest BCUT2D eigenvalue weighted by Crippen LogP contribution is 2.44. The van der Waals surface area contributed by atoms with Crippen LogP contribution in [0.25, 0.3) is 11.1 Å². The molecule has 2 N–H and O–H groups in total. The SMILES string of the molecule is COc1ccc(-c2cccc3c2O[C@@H](CN)CC3)c(C(F)(F)F)c1. The van der Waals surface area contributed by atoms with Crippen LogP contribution >= 0.6 is 0 Å². The number of nitrogens with two attached hydrogens (primary N) is 1. The largest absolute Gasteiger partial charge is 0.497 e. The second kappa shape index (κ2) is 6.36. The van der Waals surface area contributed by atoms with E-state index in [2.05, 4.69) is 0 Å². The molecule has 0 spiro atoms. The second-order valence-corrected chi connectivity index (χ2v) is 5.72. The lowest BCUT2D eigenvalue weighted by atomic mass is 9.93. The number of ether oxygens (including phenoxy) is 2. The molecule has 1 aliphatic heterocycles. The second-order valence-electron chi connectivity index (χ2n) is 5.72. The molecule has 0 amide bonds. The molecule has 3 rings (SSSR count). The monoisotopic (exact) mass is 337 g/mol. The minimum absolute atomic E-state index is 0.0813. The molecule has 0 saturated carbocycles. The van der Waals surface area contributed by atoms with Crippen LogP contribution in [0.5, 0.6) is 11.5 Å². The van der Waals surface area contributed by atoms with E-state index in [0.717, 1.165) is 24.5 Å². The van der Waals surface area contributed by atoms with Crippen molar-refractivity contribution < 1.29 is 22.6 Å². The van der Waals surface area contributed by atoms with Gasteiger partial charge in [-0.25, -0.2) is 0 Å². The number of methoxy groups -OCH3 is 1. The molecule has 0 radical (unpaired) electrons. The highest BCUT2D eigenvalue weighted by molar-refractivity contribution is 5.76. The molecule has 0 aliphatic carbocycles. The van der Waals surface area contributed by atoms with Crippen LogP contribution in [0, 0.1) is 0 Å². The number of aryl methyl sites for hydroxylation is 1. The van der Waals surface area contributed by atoms with E-state index in [9.17, 15) is 13.2 Å². The van der Waals surface area contributed by atoms with Gasteiger partial charge in [0.2, 0.25) is 0 Å². The van der Waals surface area contributed by atoms with E-state index in [4.69, 9.17) is 15.2 Å². The van der Waals surface area contributed by atoms with Gasteiger partial charge in [0.05, 0.1) is 12.7 Å².